The Bertz CT molecular complexity index is 744. The van der Waals surface area contributed by atoms with Crippen LogP contribution in [-0.2, 0) is 10.0 Å². The van der Waals surface area contributed by atoms with E-state index < -0.39 is 10.0 Å². The van der Waals surface area contributed by atoms with Gasteiger partial charge in [-0.15, -0.1) is 0 Å². The molecule has 21 heavy (non-hydrogen) atoms. The van der Waals surface area contributed by atoms with Crippen LogP contribution < -0.4 is 4.72 Å². The Kier molecular flexibility index (Phi) is 4.20. The van der Waals surface area contributed by atoms with Gasteiger partial charge in [0.1, 0.15) is 10.6 Å². The quantitative estimate of drug-likeness (QED) is 0.942. The van der Waals surface area contributed by atoms with Crippen molar-refractivity contribution in [2.45, 2.75) is 45.6 Å². The molecule has 5 nitrogen and oxygen atoms in total. The Morgan fingerprint density at radius 1 is 1.14 bits per heavy atom. The highest BCUT2D eigenvalue weighted by Gasteiger charge is 2.26. The summed E-state index contributed by atoms with van der Waals surface area (Å²) in [6.45, 7) is 9.06. The number of hydrogen-bond donors (Lipinski definition) is 1. The molecular formula is C15H20N2O3S. The molecule has 1 atom stereocenters. The van der Waals surface area contributed by atoms with Crippen LogP contribution in [0.2, 0.25) is 0 Å². The van der Waals surface area contributed by atoms with E-state index in [1.54, 1.807) is 13.8 Å². The van der Waals surface area contributed by atoms with Gasteiger partial charge in [0.05, 0.1) is 0 Å². The number of hydrogen-bond acceptors (Lipinski definition) is 4. The number of rotatable bonds is 4. The van der Waals surface area contributed by atoms with Gasteiger partial charge in [-0.25, -0.2) is 13.1 Å². The first-order valence-electron chi connectivity index (χ1n) is 6.74. The molecule has 0 saturated heterocycles. The lowest BCUT2D eigenvalue weighted by Gasteiger charge is -2.15. The first kappa shape index (κ1) is 15.7. The summed E-state index contributed by atoms with van der Waals surface area (Å²) >= 11 is 0. The zero-order chi connectivity index (χ0) is 15.8. The third kappa shape index (κ3) is 3.16. The number of aromatic nitrogens is 1. The van der Waals surface area contributed by atoms with Crippen LogP contribution in [0.5, 0.6) is 0 Å². The molecular weight excluding hydrogens is 288 g/mol. The minimum atomic E-state index is -3.65. The lowest BCUT2D eigenvalue weighted by atomic mass is 10.0. The predicted octanol–water partition coefficient (Wildman–Crippen LogP) is 2.95. The van der Waals surface area contributed by atoms with Crippen molar-refractivity contribution in [1.29, 1.82) is 0 Å². The van der Waals surface area contributed by atoms with Gasteiger partial charge in [-0.05, 0) is 51.3 Å². The number of nitrogens with zero attached hydrogens (tertiary/aromatic N) is 1. The maximum Gasteiger partial charge on any atom is 0.246 e. The van der Waals surface area contributed by atoms with Gasteiger partial charge in [-0.2, -0.15) is 0 Å². The number of nitrogens with one attached hydrogen (secondary N) is 1. The first-order chi connectivity index (χ1) is 9.72. The predicted molar refractivity (Wildman–Crippen MR) is 80.6 cm³/mol. The smallest absolute Gasteiger partial charge is 0.246 e. The molecule has 1 unspecified atom stereocenters. The lowest BCUT2D eigenvalue weighted by molar-refractivity contribution is 0.390. The molecule has 1 heterocycles. The number of benzene rings is 1. The molecule has 1 N–H and O–H groups in total. The van der Waals surface area contributed by atoms with Crippen LogP contribution in [-0.4, -0.2) is 13.6 Å². The van der Waals surface area contributed by atoms with Crippen molar-refractivity contribution in [2.75, 3.05) is 0 Å². The van der Waals surface area contributed by atoms with E-state index in [1.165, 1.54) is 5.56 Å². The van der Waals surface area contributed by atoms with Crippen LogP contribution in [0.4, 0.5) is 0 Å². The molecule has 1 aromatic carbocycles. The lowest BCUT2D eigenvalue weighted by Crippen LogP contribution is -2.27. The van der Waals surface area contributed by atoms with Crippen LogP contribution in [0, 0.1) is 27.7 Å². The second kappa shape index (κ2) is 5.61. The van der Waals surface area contributed by atoms with Gasteiger partial charge in [-0.1, -0.05) is 23.4 Å². The van der Waals surface area contributed by atoms with E-state index in [2.05, 4.69) is 9.88 Å². The third-order valence-electron chi connectivity index (χ3n) is 3.60. The molecule has 0 fully saturated rings. The zero-order valence-corrected chi connectivity index (χ0v) is 13.7. The fourth-order valence-corrected chi connectivity index (χ4v) is 3.81. The molecule has 0 saturated carbocycles. The van der Waals surface area contributed by atoms with Gasteiger partial charge in [0.2, 0.25) is 10.0 Å². The Labute approximate surface area is 125 Å². The van der Waals surface area contributed by atoms with Crippen molar-refractivity contribution in [3.05, 3.63) is 46.3 Å². The Balaban J connectivity index is 2.30. The fourth-order valence-electron chi connectivity index (χ4n) is 2.25. The van der Waals surface area contributed by atoms with E-state index >= 15 is 0 Å². The summed E-state index contributed by atoms with van der Waals surface area (Å²) in [5.41, 5.74) is 3.61. The SMILES string of the molecule is Cc1ccc(C(C)NS(=O)(=O)c2c(C)noc2C)cc1C. The first-order valence-corrected chi connectivity index (χ1v) is 8.23. The summed E-state index contributed by atoms with van der Waals surface area (Å²) in [6, 6.07) is 5.59. The third-order valence-corrected chi connectivity index (χ3v) is 5.38. The summed E-state index contributed by atoms with van der Waals surface area (Å²) < 4.78 is 32.5. The highest BCUT2D eigenvalue weighted by atomic mass is 32.2. The zero-order valence-electron chi connectivity index (χ0n) is 12.9. The summed E-state index contributed by atoms with van der Waals surface area (Å²) in [4.78, 5) is 0.123. The van der Waals surface area contributed by atoms with Crippen LogP contribution in [0.3, 0.4) is 0 Å². The van der Waals surface area contributed by atoms with Crippen molar-refractivity contribution in [1.82, 2.24) is 9.88 Å². The monoisotopic (exact) mass is 308 g/mol. The minimum Gasteiger partial charge on any atom is -0.360 e. The summed E-state index contributed by atoms with van der Waals surface area (Å²) in [5.74, 6) is 0.298. The van der Waals surface area contributed by atoms with Crippen LogP contribution in [0.15, 0.2) is 27.6 Å². The molecule has 1 aromatic heterocycles. The minimum absolute atomic E-state index is 0.123. The van der Waals surface area contributed by atoms with Crippen molar-refractivity contribution in [2.24, 2.45) is 0 Å². The molecule has 0 bridgehead atoms. The average molecular weight is 308 g/mol. The number of sulfonamides is 1. The van der Waals surface area contributed by atoms with Gasteiger partial charge in [0.15, 0.2) is 5.76 Å². The Hall–Kier alpha value is -1.66. The average Bonchev–Trinajstić information content (AvgIpc) is 2.72. The van der Waals surface area contributed by atoms with E-state index in [4.69, 9.17) is 4.52 Å². The standard InChI is InChI=1S/C15H20N2O3S/c1-9-6-7-14(8-10(9)2)11(3)17-21(18,19)15-12(4)16-20-13(15)5/h6-8,11,17H,1-5H3. The van der Waals surface area contributed by atoms with Crippen molar-refractivity contribution in [3.63, 3.8) is 0 Å². The maximum absolute atomic E-state index is 12.5. The van der Waals surface area contributed by atoms with Gasteiger partial charge in [-0.3, -0.25) is 0 Å². The van der Waals surface area contributed by atoms with E-state index in [-0.39, 0.29) is 10.9 Å². The highest BCUT2D eigenvalue weighted by Crippen LogP contribution is 2.23. The van der Waals surface area contributed by atoms with E-state index in [0.29, 0.717) is 11.5 Å². The van der Waals surface area contributed by atoms with Crippen LogP contribution in [0.25, 0.3) is 0 Å². The molecule has 0 aliphatic heterocycles. The second-order valence-electron chi connectivity index (χ2n) is 5.34. The van der Waals surface area contributed by atoms with Crippen molar-refractivity contribution in [3.8, 4) is 0 Å². The van der Waals surface area contributed by atoms with Gasteiger partial charge in [0, 0.05) is 6.04 Å². The van der Waals surface area contributed by atoms with Crippen LogP contribution >= 0.6 is 0 Å². The second-order valence-corrected chi connectivity index (χ2v) is 6.99. The van der Waals surface area contributed by atoms with Gasteiger partial charge in [0.25, 0.3) is 0 Å². The van der Waals surface area contributed by atoms with Gasteiger partial charge < -0.3 is 4.52 Å². The summed E-state index contributed by atoms with van der Waals surface area (Å²) in [7, 11) is -3.65. The molecule has 2 aromatic rings. The molecule has 0 aliphatic carbocycles. The topological polar surface area (TPSA) is 72.2 Å². The van der Waals surface area contributed by atoms with Crippen LogP contribution in [0.1, 0.15) is 41.1 Å². The molecule has 6 heteroatoms. The van der Waals surface area contributed by atoms with E-state index in [0.717, 1.165) is 11.1 Å². The molecule has 114 valence electrons. The Morgan fingerprint density at radius 3 is 2.33 bits per heavy atom. The van der Waals surface area contributed by atoms with Crippen molar-refractivity contribution >= 4 is 10.0 Å². The molecule has 2 rings (SSSR count). The highest BCUT2D eigenvalue weighted by molar-refractivity contribution is 7.89. The largest absolute Gasteiger partial charge is 0.360 e. The number of aryl methyl sites for hydroxylation is 4. The van der Waals surface area contributed by atoms with Crippen molar-refractivity contribution < 1.29 is 12.9 Å². The maximum atomic E-state index is 12.5. The molecule has 0 amide bonds. The Morgan fingerprint density at radius 2 is 1.81 bits per heavy atom. The van der Waals surface area contributed by atoms with Gasteiger partial charge >= 0.3 is 0 Å². The van der Waals surface area contributed by atoms with E-state index in [9.17, 15) is 8.42 Å². The molecule has 0 radical (unpaired) electrons. The van der Waals surface area contributed by atoms with E-state index in [1.807, 2.05) is 39.0 Å². The molecule has 0 spiro atoms. The summed E-state index contributed by atoms with van der Waals surface area (Å²) in [5, 5.41) is 3.69. The normalized spacial score (nSPS) is 13.4. The summed E-state index contributed by atoms with van der Waals surface area (Å²) in [6.07, 6.45) is 0. The fraction of sp³-hybridized carbons (Fsp3) is 0.400. The molecule has 0 aliphatic rings.